The molecule has 0 amide bonds. The Morgan fingerprint density at radius 1 is 0.920 bits per heavy atom. The zero-order valence-electron chi connectivity index (χ0n) is 14.1. The van der Waals surface area contributed by atoms with Crippen molar-refractivity contribution in [3.63, 3.8) is 0 Å². The first kappa shape index (κ1) is 18.3. The first-order valence-electron chi connectivity index (χ1n) is 8.18. The summed E-state index contributed by atoms with van der Waals surface area (Å²) in [6.45, 7) is 2.39. The van der Waals surface area contributed by atoms with Gasteiger partial charge in [-0.1, -0.05) is 54.9 Å². The van der Waals surface area contributed by atoms with Crippen LogP contribution >= 0.6 is 0 Å². The van der Waals surface area contributed by atoms with E-state index in [1.165, 1.54) is 0 Å². The predicted octanol–water partition coefficient (Wildman–Crippen LogP) is 6.34. The maximum absolute atomic E-state index is 11.5. The lowest BCUT2D eigenvalue weighted by atomic mass is 9.94. The molecule has 0 saturated carbocycles. The van der Waals surface area contributed by atoms with Gasteiger partial charge >= 0.3 is 0 Å². The van der Waals surface area contributed by atoms with Crippen LogP contribution in [0.2, 0.25) is 0 Å². The molecule has 0 bridgehead atoms. The van der Waals surface area contributed by atoms with Crippen LogP contribution in [0.3, 0.4) is 0 Å². The van der Waals surface area contributed by atoms with Crippen molar-refractivity contribution in [1.82, 2.24) is 0 Å². The number of nitrogens with zero attached hydrogens (tertiary/aromatic N) is 5. The minimum Gasteiger partial charge on any atom is -0.145 e. The molecule has 0 aliphatic carbocycles. The maximum Gasteiger partial charge on any atom is 0.119 e. The van der Waals surface area contributed by atoms with Gasteiger partial charge in [0.2, 0.25) is 0 Å². The number of rotatable bonds is 9. The van der Waals surface area contributed by atoms with E-state index in [1.807, 2.05) is 31.2 Å². The number of benzene rings is 2. The lowest BCUT2D eigenvalue weighted by molar-refractivity contribution is 0.827. The third-order valence-electron chi connectivity index (χ3n) is 4.00. The van der Waals surface area contributed by atoms with Crippen LogP contribution in [0, 0.1) is 9.81 Å². The topological polar surface area (TPSA) is 108 Å². The number of hydrogen-bond acceptors (Lipinski definition) is 5. The molecule has 25 heavy (non-hydrogen) atoms. The molecule has 0 N–H and O–H groups in total. The van der Waals surface area contributed by atoms with Crippen LogP contribution in [0.1, 0.15) is 30.9 Å². The van der Waals surface area contributed by atoms with Gasteiger partial charge in [0.05, 0.1) is 0 Å². The van der Waals surface area contributed by atoms with Crippen molar-refractivity contribution < 1.29 is 0 Å². The van der Waals surface area contributed by atoms with Crippen molar-refractivity contribution in [2.45, 2.75) is 32.6 Å². The molecule has 0 unspecified atom stereocenters. The summed E-state index contributed by atoms with van der Waals surface area (Å²) < 4.78 is 0. The SMILES string of the molecule is CCCc1cccc(-c2cccc(CCCN=[N+]=[N-])c2N=O)c1N=O. The molecule has 0 aromatic heterocycles. The zero-order chi connectivity index (χ0) is 18.1. The fourth-order valence-corrected chi connectivity index (χ4v) is 2.89. The molecule has 2 aromatic rings. The normalized spacial score (nSPS) is 10.1. The molecular weight excluding hydrogens is 318 g/mol. The van der Waals surface area contributed by atoms with Gasteiger partial charge in [-0.15, -0.1) is 9.81 Å². The Morgan fingerprint density at radius 2 is 1.48 bits per heavy atom. The van der Waals surface area contributed by atoms with Crippen LogP contribution in [0.4, 0.5) is 11.4 Å². The van der Waals surface area contributed by atoms with Crippen molar-refractivity contribution in [3.05, 3.63) is 67.8 Å². The molecule has 0 radical (unpaired) electrons. The minimum atomic E-state index is 0.307. The summed E-state index contributed by atoms with van der Waals surface area (Å²) in [7, 11) is 0. The predicted molar refractivity (Wildman–Crippen MR) is 99.1 cm³/mol. The Labute approximate surface area is 145 Å². The van der Waals surface area contributed by atoms with Crippen LogP contribution in [-0.2, 0) is 12.8 Å². The van der Waals surface area contributed by atoms with Gasteiger partial charge in [-0.3, -0.25) is 0 Å². The third kappa shape index (κ3) is 4.28. The highest BCUT2D eigenvalue weighted by Crippen LogP contribution is 2.40. The number of hydrogen-bond donors (Lipinski definition) is 0. The summed E-state index contributed by atoms with van der Waals surface area (Å²) in [6, 6.07) is 10.9. The van der Waals surface area contributed by atoms with Crippen LogP contribution in [0.5, 0.6) is 0 Å². The first-order valence-corrected chi connectivity index (χ1v) is 8.18. The highest BCUT2D eigenvalue weighted by Gasteiger charge is 2.16. The van der Waals surface area contributed by atoms with E-state index in [9.17, 15) is 9.81 Å². The summed E-state index contributed by atoms with van der Waals surface area (Å²) in [6.07, 6.45) is 2.81. The smallest absolute Gasteiger partial charge is 0.119 e. The molecule has 0 atom stereocenters. The Kier molecular flexibility index (Phi) is 6.80. The minimum absolute atomic E-state index is 0.307. The van der Waals surface area contributed by atoms with Crippen molar-refractivity contribution in [1.29, 1.82) is 0 Å². The van der Waals surface area contributed by atoms with Gasteiger partial charge in [0.25, 0.3) is 0 Å². The van der Waals surface area contributed by atoms with Gasteiger partial charge in [0.1, 0.15) is 11.4 Å². The van der Waals surface area contributed by atoms with E-state index >= 15 is 0 Å². The Hall–Kier alpha value is -3.05. The number of aryl methyl sites for hydroxylation is 2. The summed E-state index contributed by atoms with van der Waals surface area (Å²) >= 11 is 0. The molecule has 0 aliphatic rings. The Balaban J connectivity index is 2.49. The van der Waals surface area contributed by atoms with Crippen LogP contribution in [0.15, 0.2) is 51.9 Å². The molecule has 2 rings (SSSR count). The number of azide groups is 1. The second-order valence-corrected chi connectivity index (χ2v) is 5.62. The van der Waals surface area contributed by atoms with Gasteiger partial charge in [-0.2, -0.15) is 0 Å². The third-order valence-corrected chi connectivity index (χ3v) is 4.00. The van der Waals surface area contributed by atoms with Crippen molar-refractivity contribution in [3.8, 4) is 11.1 Å². The molecule has 0 aliphatic heterocycles. The Bertz CT molecular complexity index is 813. The highest BCUT2D eigenvalue weighted by atomic mass is 16.3. The van der Waals surface area contributed by atoms with E-state index < -0.39 is 0 Å². The van der Waals surface area contributed by atoms with E-state index in [0.717, 1.165) is 24.0 Å². The molecule has 0 heterocycles. The summed E-state index contributed by atoms with van der Waals surface area (Å²) in [4.78, 5) is 25.6. The van der Waals surface area contributed by atoms with Gasteiger partial charge in [-0.05, 0) is 46.3 Å². The van der Waals surface area contributed by atoms with Crippen LogP contribution in [-0.4, -0.2) is 6.54 Å². The quantitative estimate of drug-likeness (QED) is 0.175. The van der Waals surface area contributed by atoms with Crippen LogP contribution in [0.25, 0.3) is 21.6 Å². The first-order chi connectivity index (χ1) is 12.3. The van der Waals surface area contributed by atoms with Crippen molar-refractivity contribution in [2.75, 3.05) is 6.54 Å². The standard InChI is InChI=1S/C18H19N5O2/c1-2-6-13-7-3-10-15(17(13)21-24)16-11-4-8-14(18(16)22-25)9-5-12-20-23-19/h3-4,7-8,10-11H,2,5-6,9,12H2,1H3. The molecule has 0 saturated heterocycles. The molecule has 2 aromatic carbocycles. The van der Waals surface area contributed by atoms with Gasteiger partial charge in [0, 0.05) is 22.6 Å². The van der Waals surface area contributed by atoms with E-state index in [0.29, 0.717) is 41.9 Å². The fraction of sp³-hybridized carbons (Fsp3) is 0.333. The molecule has 7 nitrogen and oxygen atoms in total. The van der Waals surface area contributed by atoms with Crippen molar-refractivity contribution >= 4 is 11.4 Å². The molecule has 0 fully saturated rings. The lowest BCUT2D eigenvalue weighted by Gasteiger charge is -2.12. The largest absolute Gasteiger partial charge is 0.145 e. The highest BCUT2D eigenvalue weighted by molar-refractivity contribution is 5.86. The second-order valence-electron chi connectivity index (χ2n) is 5.62. The molecule has 7 heteroatoms. The van der Waals surface area contributed by atoms with Gasteiger partial charge in [0.15, 0.2) is 0 Å². The molecule has 128 valence electrons. The van der Waals surface area contributed by atoms with E-state index in [-0.39, 0.29) is 0 Å². The second kappa shape index (κ2) is 9.30. The summed E-state index contributed by atoms with van der Waals surface area (Å²) in [5.41, 5.74) is 11.8. The van der Waals surface area contributed by atoms with E-state index in [1.54, 1.807) is 12.1 Å². The van der Waals surface area contributed by atoms with Crippen molar-refractivity contribution in [2.24, 2.45) is 15.5 Å². The maximum atomic E-state index is 11.5. The average molecular weight is 337 g/mol. The van der Waals surface area contributed by atoms with Gasteiger partial charge < -0.3 is 0 Å². The fourth-order valence-electron chi connectivity index (χ4n) is 2.89. The monoisotopic (exact) mass is 337 g/mol. The average Bonchev–Trinajstić information content (AvgIpc) is 2.65. The molecule has 0 spiro atoms. The summed E-state index contributed by atoms with van der Waals surface area (Å²) in [5, 5.41) is 9.91. The molecular formula is C18H19N5O2. The zero-order valence-corrected chi connectivity index (χ0v) is 14.1. The van der Waals surface area contributed by atoms with E-state index in [4.69, 9.17) is 5.53 Å². The summed E-state index contributed by atoms with van der Waals surface area (Å²) in [5.74, 6) is 0. The van der Waals surface area contributed by atoms with E-state index in [2.05, 4.69) is 20.4 Å². The van der Waals surface area contributed by atoms with Gasteiger partial charge in [-0.25, -0.2) is 0 Å². The van der Waals surface area contributed by atoms with Crippen LogP contribution < -0.4 is 0 Å². The lowest BCUT2D eigenvalue weighted by Crippen LogP contribution is -1.92. The number of nitroso groups, excluding NO2 is 2. The Morgan fingerprint density at radius 3 is 1.96 bits per heavy atom.